The van der Waals surface area contributed by atoms with Gasteiger partial charge in [-0.05, 0) is 36.4 Å². The van der Waals surface area contributed by atoms with Crippen LogP contribution >= 0.6 is 11.6 Å². The van der Waals surface area contributed by atoms with Crippen LogP contribution in [0.5, 0.6) is 5.75 Å². The lowest BCUT2D eigenvalue weighted by Crippen LogP contribution is -2.08. The average molecular weight is 308 g/mol. The van der Waals surface area contributed by atoms with E-state index in [2.05, 4.69) is 0 Å². The first kappa shape index (κ1) is 13.6. The maximum absolute atomic E-state index is 13.5. The number of nitrogens with zero attached hydrogens (tertiary/aromatic N) is 1. The van der Waals surface area contributed by atoms with Gasteiger partial charge in [-0.2, -0.15) is 0 Å². The standard InChI is InChI=1S/C15H8ClF2NO2/c16-11-6-13-10(5-12(11)18)15(21)14(20)7-19(13)9-3-1-8(17)2-4-9/h1-7,20H. The number of hydrogen-bond donors (Lipinski definition) is 1. The number of benzene rings is 2. The first-order valence-corrected chi connectivity index (χ1v) is 6.34. The highest BCUT2D eigenvalue weighted by Crippen LogP contribution is 2.25. The molecular formula is C15H8ClF2NO2. The highest BCUT2D eigenvalue weighted by atomic mass is 35.5. The molecule has 0 aliphatic carbocycles. The topological polar surface area (TPSA) is 42.2 Å². The van der Waals surface area contributed by atoms with Crippen molar-refractivity contribution in [2.24, 2.45) is 0 Å². The molecule has 0 bridgehead atoms. The van der Waals surface area contributed by atoms with Gasteiger partial charge in [0.2, 0.25) is 5.43 Å². The fourth-order valence-electron chi connectivity index (χ4n) is 2.12. The van der Waals surface area contributed by atoms with Crippen LogP contribution in [0.25, 0.3) is 16.6 Å². The molecule has 2 aromatic carbocycles. The van der Waals surface area contributed by atoms with E-state index in [0.717, 1.165) is 6.07 Å². The number of aromatic nitrogens is 1. The van der Waals surface area contributed by atoms with Crippen molar-refractivity contribution in [3.63, 3.8) is 0 Å². The summed E-state index contributed by atoms with van der Waals surface area (Å²) < 4.78 is 28.0. The van der Waals surface area contributed by atoms with Crippen molar-refractivity contribution >= 4 is 22.5 Å². The van der Waals surface area contributed by atoms with Crippen LogP contribution in [-0.4, -0.2) is 9.67 Å². The molecule has 3 rings (SSSR count). The Hall–Kier alpha value is -2.40. The van der Waals surface area contributed by atoms with Crippen LogP contribution in [0.4, 0.5) is 8.78 Å². The molecule has 0 spiro atoms. The summed E-state index contributed by atoms with van der Waals surface area (Å²) in [6.45, 7) is 0. The van der Waals surface area contributed by atoms with Crippen molar-refractivity contribution in [3.8, 4) is 11.4 Å². The molecule has 21 heavy (non-hydrogen) atoms. The lowest BCUT2D eigenvalue weighted by molar-refractivity contribution is 0.467. The molecule has 1 aromatic heterocycles. The summed E-state index contributed by atoms with van der Waals surface area (Å²) in [5.41, 5.74) is 0.120. The summed E-state index contributed by atoms with van der Waals surface area (Å²) in [5, 5.41) is 9.55. The smallest absolute Gasteiger partial charge is 0.231 e. The lowest BCUT2D eigenvalue weighted by atomic mass is 10.1. The number of pyridine rings is 1. The summed E-state index contributed by atoms with van der Waals surface area (Å²) in [4.78, 5) is 11.9. The summed E-state index contributed by atoms with van der Waals surface area (Å²) in [6.07, 6.45) is 1.19. The molecule has 0 radical (unpaired) electrons. The molecule has 0 fully saturated rings. The Labute approximate surface area is 122 Å². The Balaban J connectivity index is 2.42. The van der Waals surface area contributed by atoms with Crippen molar-refractivity contribution in [2.45, 2.75) is 0 Å². The molecule has 0 unspecified atom stereocenters. The first-order chi connectivity index (χ1) is 9.97. The van der Waals surface area contributed by atoms with E-state index in [4.69, 9.17) is 11.6 Å². The third kappa shape index (κ3) is 2.25. The van der Waals surface area contributed by atoms with Crippen molar-refractivity contribution in [2.75, 3.05) is 0 Å². The minimum Gasteiger partial charge on any atom is -0.503 e. The number of rotatable bonds is 1. The monoisotopic (exact) mass is 307 g/mol. The summed E-state index contributed by atoms with van der Waals surface area (Å²) >= 11 is 5.75. The zero-order chi connectivity index (χ0) is 15.1. The SMILES string of the molecule is O=c1c(O)cn(-c2ccc(F)cc2)c2cc(Cl)c(F)cc12. The van der Waals surface area contributed by atoms with Gasteiger partial charge in [0.05, 0.1) is 22.1 Å². The summed E-state index contributed by atoms with van der Waals surface area (Å²) in [6, 6.07) is 7.67. The third-order valence-electron chi connectivity index (χ3n) is 3.13. The minimum atomic E-state index is -0.752. The van der Waals surface area contributed by atoms with Gasteiger partial charge < -0.3 is 9.67 Å². The molecule has 0 saturated carbocycles. The van der Waals surface area contributed by atoms with Crippen LogP contribution in [0.3, 0.4) is 0 Å². The quantitative estimate of drug-likeness (QED) is 0.746. The van der Waals surface area contributed by atoms with Crippen LogP contribution in [0.1, 0.15) is 0 Å². The Morgan fingerprint density at radius 3 is 2.43 bits per heavy atom. The molecule has 1 N–H and O–H groups in total. The van der Waals surface area contributed by atoms with Crippen LogP contribution < -0.4 is 5.43 Å². The molecule has 0 aliphatic heterocycles. The van der Waals surface area contributed by atoms with Crippen molar-refractivity contribution in [3.05, 3.63) is 69.5 Å². The Kier molecular flexibility index (Phi) is 3.14. The minimum absolute atomic E-state index is 0.0128. The van der Waals surface area contributed by atoms with Crippen molar-refractivity contribution in [1.29, 1.82) is 0 Å². The second-order valence-corrected chi connectivity index (χ2v) is 4.88. The van der Waals surface area contributed by atoms with E-state index in [1.54, 1.807) is 0 Å². The van der Waals surface area contributed by atoms with Gasteiger partial charge >= 0.3 is 0 Å². The van der Waals surface area contributed by atoms with Crippen molar-refractivity contribution < 1.29 is 13.9 Å². The second-order valence-electron chi connectivity index (χ2n) is 4.47. The average Bonchev–Trinajstić information content (AvgIpc) is 2.46. The molecule has 0 amide bonds. The molecular weight excluding hydrogens is 300 g/mol. The fraction of sp³-hybridized carbons (Fsp3) is 0. The van der Waals surface area contributed by atoms with Crippen molar-refractivity contribution in [1.82, 2.24) is 4.57 Å². The zero-order valence-electron chi connectivity index (χ0n) is 10.5. The zero-order valence-corrected chi connectivity index (χ0v) is 11.2. The largest absolute Gasteiger partial charge is 0.503 e. The lowest BCUT2D eigenvalue weighted by Gasteiger charge is -2.12. The second kappa shape index (κ2) is 4.86. The van der Waals surface area contributed by atoms with Gasteiger partial charge in [-0.1, -0.05) is 11.6 Å². The maximum Gasteiger partial charge on any atom is 0.231 e. The molecule has 3 nitrogen and oxygen atoms in total. The molecule has 6 heteroatoms. The predicted octanol–water partition coefficient (Wildman–Crippen LogP) is 3.63. The predicted molar refractivity (Wildman–Crippen MR) is 76.1 cm³/mol. The van der Waals surface area contributed by atoms with Gasteiger partial charge in [0.1, 0.15) is 11.6 Å². The summed E-state index contributed by atoms with van der Waals surface area (Å²) in [7, 11) is 0. The number of fused-ring (bicyclic) bond motifs is 1. The van der Waals surface area contributed by atoms with Gasteiger partial charge in [0.15, 0.2) is 5.75 Å². The molecule has 0 saturated heterocycles. The van der Waals surface area contributed by atoms with E-state index in [0.29, 0.717) is 11.2 Å². The number of halogens is 3. The van der Waals surface area contributed by atoms with Crippen LogP contribution in [0.2, 0.25) is 5.02 Å². The van der Waals surface area contributed by atoms with Crippen LogP contribution in [0.15, 0.2) is 47.4 Å². The van der Waals surface area contributed by atoms with E-state index < -0.39 is 22.8 Å². The van der Waals surface area contributed by atoms with E-state index in [1.807, 2.05) is 0 Å². The van der Waals surface area contributed by atoms with Gasteiger partial charge in [-0.3, -0.25) is 4.79 Å². The number of aromatic hydroxyl groups is 1. The van der Waals surface area contributed by atoms with E-state index in [1.165, 1.54) is 41.1 Å². The van der Waals surface area contributed by atoms with E-state index in [9.17, 15) is 18.7 Å². The Morgan fingerprint density at radius 1 is 1.10 bits per heavy atom. The first-order valence-electron chi connectivity index (χ1n) is 5.96. The highest BCUT2D eigenvalue weighted by molar-refractivity contribution is 6.31. The maximum atomic E-state index is 13.5. The van der Waals surface area contributed by atoms with Crippen LogP contribution in [-0.2, 0) is 0 Å². The third-order valence-corrected chi connectivity index (χ3v) is 3.42. The fourth-order valence-corrected chi connectivity index (χ4v) is 2.28. The number of hydrogen-bond acceptors (Lipinski definition) is 2. The molecule has 106 valence electrons. The van der Waals surface area contributed by atoms with Gasteiger partial charge in [0, 0.05) is 5.69 Å². The molecule has 1 heterocycles. The van der Waals surface area contributed by atoms with Gasteiger partial charge in [0.25, 0.3) is 0 Å². The Morgan fingerprint density at radius 2 is 1.76 bits per heavy atom. The molecule has 0 atom stereocenters. The van der Waals surface area contributed by atoms with E-state index >= 15 is 0 Å². The summed E-state index contributed by atoms with van der Waals surface area (Å²) in [5.74, 6) is -1.71. The van der Waals surface area contributed by atoms with E-state index in [-0.39, 0.29) is 10.4 Å². The van der Waals surface area contributed by atoms with Crippen LogP contribution in [0, 0.1) is 11.6 Å². The molecule has 0 aliphatic rings. The molecule has 3 aromatic rings. The normalized spacial score (nSPS) is 11.0. The van der Waals surface area contributed by atoms with Gasteiger partial charge in [-0.25, -0.2) is 8.78 Å². The van der Waals surface area contributed by atoms with Gasteiger partial charge in [-0.15, -0.1) is 0 Å². The highest BCUT2D eigenvalue weighted by Gasteiger charge is 2.13. The Bertz CT molecular complexity index is 904.